The minimum Gasteiger partial charge on any atom is -0.493 e. The second kappa shape index (κ2) is 9.71. The standard InChI is InChI=1S/C27H32N2O4/c1-5-33-26(30)14-23-21-9-6-18(13-19(21)7-10-24(23)28)15-29-16-20-8-11-25(31-3)27(32-4)22(20)12-17(29)2/h6-11,13,17H,5,12,14-16,28H2,1-4H3. The van der Waals surface area contributed by atoms with E-state index in [1.807, 2.05) is 25.1 Å². The van der Waals surface area contributed by atoms with Crippen molar-refractivity contribution in [3.8, 4) is 11.5 Å². The lowest BCUT2D eigenvalue weighted by atomic mass is 9.92. The van der Waals surface area contributed by atoms with Crippen LogP contribution in [-0.4, -0.2) is 37.7 Å². The molecule has 0 aliphatic carbocycles. The van der Waals surface area contributed by atoms with Crippen LogP contribution in [0.2, 0.25) is 0 Å². The first-order valence-electron chi connectivity index (χ1n) is 11.4. The number of methoxy groups -OCH3 is 2. The molecule has 174 valence electrons. The monoisotopic (exact) mass is 448 g/mol. The Bertz CT molecular complexity index is 1170. The van der Waals surface area contributed by atoms with Gasteiger partial charge in [-0.15, -0.1) is 0 Å². The van der Waals surface area contributed by atoms with Crippen LogP contribution in [0.25, 0.3) is 10.8 Å². The Hall–Kier alpha value is -3.25. The molecule has 0 saturated carbocycles. The number of fused-ring (bicyclic) bond motifs is 2. The summed E-state index contributed by atoms with van der Waals surface area (Å²) in [6.45, 7) is 6.11. The highest BCUT2D eigenvalue weighted by atomic mass is 16.5. The molecule has 0 fully saturated rings. The van der Waals surface area contributed by atoms with Crippen molar-refractivity contribution >= 4 is 22.4 Å². The maximum absolute atomic E-state index is 12.1. The van der Waals surface area contributed by atoms with Crippen molar-refractivity contribution < 1.29 is 19.0 Å². The number of carbonyl (C=O) groups excluding carboxylic acids is 1. The summed E-state index contributed by atoms with van der Waals surface area (Å²) < 4.78 is 16.3. The summed E-state index contributed by atoms with van der Waals surface area (Å²) in [7, 11) is 3.38. The van der Waals surface area contributed by atoms with E-state index < -0.39 is 0 Å². The second-order valence-electron chi connectivity index (χ2n) is 8.57. The van der Waals surface area contributed by atoms with E-state index in [1.165, 1.54) is 16.7 Å². The number of anilines is 1. The summed E-state index contributed by atoms with van der Waals surface area (Å²) in [6, 6.07) is 14.8. The minimum atomic E-state index is -0.256. The van der Waals surface area contributed by atoms with Crippen LogP contribution in [0.4, 0.5) is 5.69 Å². The molecule has 4 rings (SSSR count). The third kappa shape index (κ3) is 4.62. The Balaban J connectivity index is 1.58. The molecule has 1 aliphatic rings. The predicted octanol–water partition coefficient (Wildman–Crippen LogP) is 4.49. The van der Waals surface area contributed by atoms with Crippen molar-refractivity contribution in [3.05, 3.63) is 64.7 Å². The Labute approximate surface area is 195 Å². The van der Waals surface area contributed by atoms with E-state index in [4.69, 9.17) is 19.9 Å². The van der Waals surface area contributed by atoms with Gasteiger partial charge in [0.25, 0.3) is 0 Å². The van der Waals surface area contributed by atoms with E-state index >= 15 is 0 Å². The maximum atomic E-state index is 12.1. The van der Waals surface area contributed by atoms with Gasteiger partial charge >= 0.3 is 5.97 Å². The van der Waals surface area contributed by atoms with Gasteiger partial charge in [-0.25, -0.2) is 0 Å². The predicted molar refractivity (Wildman–Crippen MR) is 131 cm³/mol. The van der Waals surface area contributed by atoms with Gasteiger partial charge in [0.15, 0.2) is 11.5 Å². The van der Waals surface area contributed by atoms with Crippen molar-refractivity contribution in [1.29, 1.82) is 0 Å². The first-order chi connectivity index (χ1) is 15.9. The average Bonchev–Trinajstić information content (AvgIpc) is 2.81. The van der Waals surface area contributed by atoms with Gasteiger partial charge in [0.1, 0.15) is 0 Å². The highest BCUT2D eigenvalue weighted by Gasteiger charge is 2.27. The zero-order valence-electron chi connectivity index (χ0n) is 19.8. The van der Waals surface area contributed by atoms with E-state index in [1.54, 1.807) is 14.2 Å². The number of hydrogen-bond donors (Lipinski definition) is 1. The Morgan fingerprint density at radius 3 is 2.67 bits per heavy atom. The Morgan fingerprint density at radius 2 is 1.94 bits per heavy atom. The zero-order chi connectivity index (χ0) is 23.5. The maximum Gasteiger partial charge on any atom is 0.310 e. The molecule has 1 aliphatic heterocycles. The minimum absolute atomic E-state index is 0.182. The summed E-state index contributed by atoms with van der Waals surface area (Å²) in [6.07, 6.45) is 1.09. The number of carbonyl (C=O) groups is 1. The largest absolute Gasteiger partial charge is 0.493 e. The van der Waals surface area contributed by atoms with E-state index in [9.17, 15) is 4.79 Å². The zero-order valence-corrected chi connectivity index (χ0v) is 19.8. The molecule has 0 bridgehead atoms. The molecule has 1 atom stereocenters. The molecule has 3 aromatic rings. The van der Waals surface area contributed by atoms with Gasteiger partial charge in [-0.1, -0.05) is 24.3 Å². The molecule has 1 heterocycles. The van der Waals surface area contributed by atoms with Crippen LogP contribution in [0.3, 0.4) is 0 Å². The number of nitrogens with two attached hydrogens (primary N) is 1. The molecule has 6 nitrogen and oxygen atoms in total. The molecule has 6 heteroatoms. The molecule has 2 N–H and O–H groups in total. The number of benzene rings is 3. The van der Waals surface area contributed by atoms with E-state index in [0.29, 0.717) is 18.3 Å². The first kappa shape index (κ1) is 22.9. The Kier molecular flexibility index (Phi) is 6.75. The van der Waals surface area contributed by atoms with Crippen molar-refractivity contribution in [2.45, 2.75) is 45.8 Å². The summed E-state index contributed by atoms with van der Waals surface area (Å²) in [4.78, 5) is 14.5. The molecular weight excluding hydrogens is 416 g/mol. The smallest absolute Gasteiger partial charge is 0.310 e. The van der Waals surface area contributed by atoms with Gasteiger partial charge < -0.3 is 19.9 Å². The molecule has 1 unspecified atom stereocenters. The summed E-state index contributed by atoms with van der Waals surface area (Å²) in [5, 5.41) is 2.08. The van der Waals surface area contributed by atoms with E-state index in [0.717, 1.165) is 47.3 Å². The van der Waals surface area contributed by atoms with E-state index in [2.05, 4.69) is 36.1 Å². The third-order valence-corrected chi connectivity index (χ3v) is 6.49. The number of nitrogens with zero attached hydrogens (tertiary/aromatic N) is 1. The van der Waals surface area contributed by atoms with Gasteiger partial charge in [-0.3, -0.25) is 9.69 Å². The van der Waals surface area contributed by atoms with Gasteiger partial charge in [-0.05, 0) is 65.9 Å². The van der Waals surface area contributed by atoms with E-state index in [-0.39, 0.29) is 12.4 Å². The highest BCUT2D eigenvalue weighted by Crippen LogP contribution is 2.38. The summed E-state index contributed by atoms with van der Waals surface area (Å²) in [5.74, 6) is 1.37. The average molecular weight is 449 g/mol. The van der Waals surface area contributed by atoms with Gasteiger partial charge in [0.2, 0.25) is 0 Å². The van der Waals surface area contributed by atoms with Crippen LogP contribution < -0.4 is 15.2 Å². The molecule has 0 amide bonds. The number of nitrogen functional groups attached to an aromatic ring is 1. The lowest BCUT2D eigenvalue weighted by Crippen LogP contribution is -2.38. The van der Waals surface area contributed by atoms with Crippen molar-refractivity contribution in [2.24, 2.45) is 0 Å². The number of esters is 1. The fourth-order valence-corrected chi connectivity index (χ4v) is 4.76. The van der Waals surface area contributed by atoms with Crippen LogP contribution in [-0.2, 0) is 35.5 Å². The Morgan fingerprint density at radius 1 is 1.12 bits per heavy atom. The van der Waals surface area contributed by atoms with Gasteiger partial charge in [0, 0.05) is 30.4 Å². The quantitative estimate of drug-likeness (QED) is 0.424. The topological polar surface area (TPSA) is 74.0 Å². The van der Waals surface area contributed by atoms with Crippen LogP contribution in [0.5, 0.6) is 11.5 Å². The molecule has 0 aromatic heterocycles. The molecular formula is C27H32N2O4. The molecule has 0 saturated heterocycles. The fourth-order valence-electron chi connectivity index (χ4n) is 4.76. The lowest BCUT2D eigenvalue weighted by Gasteiger charge is -2.36. The molecule has 0 spiro atoms. The number of rotatable bonds is 7. The summed E-state index contributed by atoms with van der Waals surface area (Å²) >= 11 is 0. The SMILES string of the molecule is CCOC(=O)Cc1c(N)ccc2cc(CN3Cc4ccc(OC)c(OC)c4CC3C)ccc12. The number of hydrogen-bond acceptors (Lipinski definition) is 6. The first-order valence-corrected chi connectivity index (χ1v) is 11.4. The van der Waals surface area contributed by atoms with Crippen LogP contribution in [0.15, 0.2) is 42.5 Å². The third-order valence-electron chi connectivity index (χ3n) is 6.49. The van der Waals surface area contributed by atoms with Crippen LogP contribution >= 0.6 is 0 Å². The molecule has 33 heavy (non-hydrogen) atoms. The second-order valence-corrected chi connectivity index (χ2v) is 8.57. The van der Waals surface area contributed by atoms with Crippen LogP contribution in [0.1, 0.15) is 36.1 Å². The normalized spacial score (nSPS) is 15.8. The van der Waals surface area contributed by atoms with Gasteiger partial charge in [-0.2, -0.15) is 0 Å². The van der Waals surface area contributed by atoms with Gasteiger partial charge in [0.05, 0.1) is 27.2 Å². The van der Waals surface area contributed by atoms with Crippen molar-refractivity contribution in [2.75, 3.05) is 26.6 Å². The highest BCUT2D eigenvalue weighted by molar-refractivity contribution is 5.93. The van der Waals surface area contributed by atoms with Crippen LogP contribution in [0, 0.1) is 0 Å². The fraction of sp³-hybridized carbons (Fsp3) is 0.370. The lowest BCUT2D eigenvalue weighted by molar-refractivity contribution is -0.142. The molecule has 3 aromatic carbocycles. The van der Waals surface area contributed by atoms with Crippen molar-refractivity contribution in [1.82, 2.24) is 4.90 Å². The summed E-state index contributed by atoms with van der Waals surface area (Å²) in [5.41, 5.74) is 11.4. The number of ether oxygens (including phenoxy) is 3. The van der Waals surface area contributed by atoms with Crippen molar-refractivity contribution in [3.63, 3.8) is 0 Å². The molecule has 0 radical (unpaired) electrons.